The number of hydrogen-bond donors (Lipinski definition) is 3. The molecule has 0 saturated carbocycles. The Balaban J connectivity index is 1.37. The second-order valence-electron chi connectivity index (χ2n) is 7.86. The molecule has 7 heteroatoms. The highest BCUT2D eigenvalue weighted by molar-refractivity contribution is 5.96. The highest BCUT2D eigenvalue weighted by atomic mass is 16.1. The Labute approximate surface area is 182 Å². The van der Waals surface area contributed by atoms with Crippen molar-refractivity contribution >= 4 is 11.7 Å². The van der Waals surface area contributed by atoms with Crippen LogP contribution in [0.4, 0.5) is 5.82 Å². The number of benzene rings is 2. The third-order valence-electron chi connectivity index (χ3n) is 5.58. The minimum absolute atomic E-state index is 0.127. The number of nitrogen functional groups attached to an aromatic ring is 1. The van der Waals surface area contributed by atoms with Crippen molar-refractivity contribution < 1.29 is 4.79 Å². The SMILES string of the molecule is CNC(=O)c1nc(-c2cccc(CNC3CCN(Cc4ccccc4)C3)c2)cnc1N. The topological polar surface area (TPSA) is 96.2 Å². The first-order chi connectivity index (χ1) is 15.1. The molecule has 7 nitrogen and oxygen atoms in total. The number of likely N-dealkylation sites (tertiary alicyclic amines) is 1. The molecule has 0 bridgehead atoms. The number of rotatable bonds is 7. The molecule has 1 aliphatic rings. The summed E-state index contributed by atoms with van der Waals surface area (Å²) in [6.07, 6.45) is 2.75. The molecule has 2 heterocycles. The summed E-state index contributed by atoms with van der Waals surface area (Å²) in [7, 11) is 1.55. The van der Waals surface area contributed by atoms with Crippen LogP contribution in [-0.2, 0) is 13.1 Å². The van der Waals surface area contributed by atoms with Crippen molar-refractivity contribution in [2.45, 2.75) is 25.6 Å². The zero-order chi connectivity index (χ0) is 21.6. The standard InChI is InChI=1S/C24H28N6O/c1-26-24(31)22-23(25)28-14-21(29-22)19-9-5-8-18(12-19)13-27-20-10-11-30(16-20)15-17-6-3-2-4-7-17/h2-9,12,14,20,27H,10-11,13,15-16H2,1H3,(H2,25,28)(H,26,31). The number of aromatic nitrogens is 2. The summed E-state index contributed by atoms with van der Waals surface area (Å²) < 4.78 is 0. The maximum Gasteiger partial charge on any atom is 0.273 e. The number of carbonyl (C=O) groups is 1. The van der Waals surface area contributed by atoms with Crippen LogP contribution in [0.2, 0.25) is 0 Å². The monoisotopic (exact) mass is 416 g/mol. The second-order valence-corrected chi connectivity index (χ2v) is 7.86. The van der Waals surface area contributed by atoms with E-state index < -0.39 is 0 Å². The van der Waals surface area contributed by atoms with Crippen LogP contribution in [0.15, 0.2) is 60.8 Å². The van der Waals surface area contributed by atoms with E-state index >= 15 is 0 Å². The van der Waals surface area contributed by atoms with Crippen LogP contribution in [0.25, 0.3) is 11.3 Å². The highest BCUT2D eigenvalue weighted by Gasteiger charge is 2.22. The van der Waals surface area contributed by atoms with Gasteiger partial charge < -0.3 is 16.4 Å². The second kappa shape index (κ2) is 9.68. The number of amides is 1. The first kappa shape index (κ1) is 21.0. The van der Waals surface area contributed by atoms with E-state index in [-0.39, 0.29) is 17.4 Å². The smallest absolute Gasteiger partial charge is 0.273 e. The molecule has 3 aromatic rings. The lowest BCUT2D eigenvalue weighted by molar-refractivity contribution is 0.0959. The molecule has 31 heavy (non-hydrogen) atoms. The fourth-order valence-electron chi connectivity index (χ4n) is 3.91. The lowest BCUT2D eigenvalue weighted by atomic mass is 10.1. The molecule has 1 saturated heterocycles. The largest absolute Gasteiger partial charge is 0.382 e. The Morgan fingerprint density at radius 3 is 2.77 bits per heavy atom. The van der Waals surface area contributed by atoms with Crippen molar-refractivity contribution in [2.75, 3.05) is 25.9 Å². The Morgan fingerprint density at radius 2 is 1.97 bits per heavy atom. The van der Waals surface area contributed by atoms with Gasteiger partial charge in [0.2, 0.25) is 0 Å². The summed E-state index contributed by atoms with van der Waals surface area (Å²) in [4.78, 5) is 23.0. The number of nitrogens with two attached hydrogens (primary N) is 1. The molecule has 0 aliphatic carbocycles. The fraction of sp³-hybridized carbons (Fsp3) is 0.292. The molecule has 1 unspecified atom stereocenters. The zero-order valence-corrected chi connectivity index (χ0v) is 17.7. The lowest BCUT2D eigenvalue weighted by Gasteiger charge is -2.17. The maximum absolute atomic E-state index is 12.0. The molecule has 1 atom stereocenters. The molecule has 0 radical (unpaired) electrons. The summed E-state index contributed by atoms with van der Waals surface area (Å²) in [5.41, 5.74) is 10.0. The Kier molecular flexibility index (Phi) is 6.54. The van der Waals surface area contributed by atoms with Gasteiger partial charge in [-0.25, -0.2) is 9.97 Å². The van der Waals surface area contributed by atoms with Crippen molar-refractivity contribution in [3.8, 4) is 11.3 Å². The van der Waals surface area contributed by atoms with Crippen LogP contribution in [0.3, 0.4) is 0 Å². The van der Waals surface area contributed by atoms with Crippen molar-refractivity contribution in [3.05, 3.63) is 77.6 Å². The first-order valence-electron chi connectivity index (χ1n) is 10.6. The zero-order valence-electron chi connectivity index (χ0n) is 17.7. The van der Waals surface area contributed by atoms with E-state index in [0.717, 1.165) is 38.2 Å². The van der Waals surface area contributed by atoms with Gasteiger partial charge >= 0.3 is 0 Å². The van der Waals surface area contributed by atoms with Crippen LogP contribution < -0.4 is 16.4 Å². The fourth-order valence-corrected chi connectivity index (χ4v) is 3.91. The molecule has 1 aliphatic heterocycles. The van der Waals surface area contributed by atoms with Crippen molar-refractivity contribution in [1.82, 2.24) is 25.5 Å². The molecule has 160 valence electrons. The van der Waals surface area contributed by atoms with Crippen LogP contribution in [0.1, 0.15) is 28.0 Å². The minimum Gasteiger partial charge on any atom is -0.382 e. The third-order valence-corrected chi connectivity index (χ3v) is 5.58. The predicted octanol–water partition coefficient (Wildman–Crippen LogP) is 2.45. The van der Waals surface area contributed by atoms with Gasteiger partial charge in [-0.3, -0.25) is 9.69 Å². The van der Waals surface area contributed by atoms with E-state index in [1.165, 1.54) is 11.1 Å². The Morgan fingerprint density at radius 1 is 1.16 bits per heavy atom. The number of nitrogens with one attached hydrogen (secondary N) is 2. The van der Waals surface area contributed by atoms with Crippen molar-refractivity contribution in [1.29, 1.82) is 0 Å². The van der Waals surface area contributed by atoms with E-state index in [4.69, 9.17) is 5.73 Å². The van der Waals surface area contributed by atoms with Crippen LogP contribution in [0, 0.1) is 0 Å². The Hall–Kier alpha value is -3.29. The lowest BCUT2D eigenvalue weighted by Crippen LogP contribution is -2.31. The van der Waals surface area contributed by atoms with Crippen LogP contribution in [0.5, 0.6) is 0 Å². The average molecular weight is 417 g/mol. The van der Waals surface area contributed by atoms with E-state index in [0.29, 0.717) is 11.7 Å². The van der Waals surface area contributed by atoms with Gasteiger partial charge in [0.15, 0.2) is 11.5 Å². The molecular formula is C24H28N6O. The van der Waals surface area contributed by atoms with Gasteiger partial charge in [0.1, 0.15) is 0 Å². The number of anilines is 1. The van der Waals surface area contributed by atoms with Gasteiger partial charge in [-0.05, 0) is 23.6 Å². The quantitative estimate of drug-likeness (QED) is 0.548. The number of nitrogens with zero attached hydrogens (tertiary/aromatic N) is 3. The Bertz CT molecular complexity index is 1040. The van der Waals surface area contributed by atoms with E-state index in [1.54, 1.807) is 13.2 Å². The molecule has 1 fully saturated rings. The van der Waals surface area contributed by atoms with Gasteiger partial charge in [-0.2, -0.15) is 0 Å². The third kappa shape index (κ3) is 5.25. The molecule has 4 N–H and O–H groups in total. The van der Waals surface area contributed by atoms with Gasteiger partial charge in [-0.1, -0.05) is 48.5 Å². The minimum atomic E-state index is -0.342. The maximum atomic E-state index is 12.0. The average Bonchev–Trinajstić information content (AvgIpc) is 3.25. The van der Waals surface area contributed by atoms with Gasteiger partial charge in [0, 0.05) is 44.8 Å². The molecule has 4 rings (SSSR count). The summed E-state index contributed by atoms with van der Waals surface area (Å²) >= 11 is 0. The summed E-state index contributed by atoms with van der Waals surface area (Å²) in [5, 5.41) is 6.23. The van der Waals surface area contributed by atoms with Gasteiger partial charge in [-0.15, -0.1) is 0 Å². The predicted molar refractivity (Wildman–Crippen MR) is 122 cm³/mol. The molecule has 1 amide bonds. The highest BCUT2D eigenvalue weighted by Crippen LogP contribution is 2.20. The first-order valence-corrected chi connectivity index (χ1v) is 10.6. The van der Waals surface area contributed by atoms with Gasteiger partial charge in [0.25, 0.3) is 5.91 Å². The summed E-state index contributed by atoms with van der Waals surface area (Å²) in [6.45, 7) is 3.93. The van der Waals surface area contributed by atoms with Crippen molar-refractivity contribution in [2.24, 2.45) is 0 Å². The molecular weight excluding hydrogens is 388 g/mol. The summed E-state index contributed by atoms with van der Waals surface area (Å²) in [6, 6.07) is 19.2. The molecule has 0 spiro atoms. The van der Waals surface area contributed by atoms with Crippen LogP contribution >= 0.6 is 0 Å². The van der Waals surface area contributed by atoms with E-state index in [1.807, 2.05) is 12.1 Å². The van der Waals surface area contributed by atoms with E-state index in [2.05, 4.69) is 68.0 Å². The normalized spacial score (nSPS) is 16.4. The van der Waals surface area contributed by atoms with Gasteiger partial charge in [0.05, 0.1) is 11.9 Å². The molecule has 1 aromatic heterocycles. The molecule has 2 aromatic carbocycles. The van der Waals surface area contributed by atoms with E-state index in [9.17, 15) is 4.79 Å². The number of hydrogen-bond acceptors (Lipinski definition) is 6. The van der Waals surface area contributed by atoms with Crippen LogP contribution in [-0.4, -0.2) is 47.0 Å². The van der Waals surface area contributed by atoms with Crippen molar-refractivity contribution in [3.63, 3.8) is 0 Å². The number of carbonyl (C=O) groups excluding carboxylic acids is 1. The summed E-state index contributed by atoms with van der Waals surface area (Å²) in [5.74, 6) is -0.215.